The number of esters is 1. The number of pyridine rings is 1. The number of nitrogens with one attached hydrogen (secondary N) is 1. The van der Waals surface area contributed by atoms with Crippen molar-refractivity contribution in [2.45, 2.75) is 6.43 Å². The van der Waals surface area contributed by atoms with Crippen molar-refractivity contribution in [1.82, 2.24) is 4.98 Å². The molecule has 6 heteroatoms. The quantitative estimate of drug-likeness (QED) is 0.776. The van der Waals surface area contributed by atoms with Gasteiger partial charge in [0.2, 0.25) is 0 Å². The molecule has 0 atom stereocenters. The molecule has 1 rings (SSSR count). The molecule has 0 unspecified atom stereocenters. The van der Waals surface area contributed by atoms with Crippen molar-refractivity contribution in [2.75, 3.05) is 19.0 Å². The summed E-state index contributed by atoms with van der Waals surface area (Å²) in [5, 5.41) is 2.47. The maximum Gasteiger partial charge on any atom is 0.356 e. The summed E-state index contributed by atoms with van der Waals surface area (Å²) in [4.78, 5) is 14.8. The molecule has 4 nitrogen and oxygen atoms in total. The Morgan fingerprint density at radius 1 is 1.67 bits per heavy atom. The number of carbonyl (C=O) groups excluding carboxylic acids is 1. The molecule has 0 radical (unpaired) electrons. The Kier molecular flexibility index (Phi) is 3.96. The first-order valence-electron chi connectivity index (χ1n) is 4.20. The molecule has 0 aliphatic carbocycles. The number of rotatable bonds is 4. The van der Waals surface area contributed by atoms with Gasteiger partial charge in [-0.1, -0.05) is 0 Å². The second-order valence-electron chi connectivity index (χ2n) is 2.69. The summed E-state index contributed by atoms with van der Waals surface area (Å²) >= 11 is 0. The highest BCUT2D eigenvalue weighted by Gasteiger charge is 2.08. The molecular formula is C9H10F2N2O2. The summed E-state index contributed by atoms with van der Waals surface area (Å²) in [7, 11) is 1.23. The van der Waals surface area contributed by atoms with E-state index < -0.39 is 18.9 Å². The molecule has 0 aliphatic rings. The molecule has 0 saturated heterocycles. The molecule has 1 aromatic heterocycles. The lowest BCUT2D eigenvalue weighted by molar-refractivity contribution is 0.0594. The van der Waals surface area contributed by atoms with Gasteiger partial charge in [0, 0.05) is 11.9 Å². The number of hydrogen-bond donors (Lipinski definition) is 1. The van der Waals surface area contributed by atoms with E-state index in [0.717, 1.165) is 0 Å². The van der Waals surface area contributed by atoms with Gasteiger partial charge in [-0.15, -0.1) is 0 Å². The average Bonchev–Trinajstić information content (AvgIpc) is 2.25. The van der Waals surface area contributed by atoms with Crippen LogP contribution in [0.3, 0.4) is 0 Å². The fourth-order valence-electron chi connectivity index (χ4n) is 0.952. The largest absolute Gasteiger partial charge is 0.464 e. The van der Waals surface area contributed by atoms with E-state index in [1.165, 1.54) is 25.4 Å². The SMILES string of the molecule is COC(=O)c1cc(NCC(F)F)ccn1. The van der Waals surface area contributed by atoms with Gasteiger partial charge in [0.15, 0.2) is 0 Å². The van der Waals surface area contributed by atoms with Crippen LogP contribution in [-0.4, -0.2) is 31.0 Å². The van der Waals surface area contributed by atoms with E-state index in [9.17, 15) is 13.6 Å². The van der Waals surface area contributed by atoms with Gasteiger partial charge < -0.3 is 10.1 Å². The third kappa shape index (κ3) is 3.49. The Labute approximate surface area is 85.3 Å². The minimum Gasteiger partial charge on any atom is -0.464 e. The molecule has 0 saturated carbocycles. The summed E-state index contributed by atoms with van der Waals surface area (Å²) in [5.41, 5.74) is 0.488. The first-order chi connectivity index (χ1) is 7.13. The van der Waals surface area contributed by atoms with Crippen LogP contribution < -0.4 is 5.32 Å². The minimum atomic E-state index is -2.44. The normalized spacial score (nSPS) is 10.1. The summed E-state index contributed by atoms with van der Waals surface area (Å²) in [6.07, 6.45) is -1.10. The Morgan fingerprint density at radius 2 is 2.40 bits per heavy atom. The van der Waals surface area contributed by atoms with Gasteiger partial charge in [0.25, 0.3) is 6.43 Å². The maximum absolute atomic E-state index is 11.9. The summed E-state index contributed by atoms with van der Waals surface area (Å²) in [5.74, 6) is -0.601. The number of carbonyl (C=O) groups is 1. The van der Waals surface area contributed by atoms with Crippen molar-refractivity contribution in [3.05, 3.63) is 24.0 Å². The van der Waals surface area contributed by atoms with Crippen molar-refractivity contribution in [3.63, 3.8) is 0 Å². The van der Waals surface area contributed by atoms with E-state index >= 15 is 0 Å². The molecule has 0 aliphatic heterocycles. The van der Waals surface area contributed by atoms with E-state index in [-0.39, 0.29) is 5.69 Å². The molecule has 1 heterocycles. The first kappa shape index (κ1) is 11.4. The number of nitrogens with zero attached hydrogens (tertiary/aromatic N) is 1. The Bertz CT molecular complexity index is 345. The second-order valence-corrected chi connectivity index (χ2v) is 2.69. The first-order valence-corrected chi connectivity index (χ1v) is 4.20. The van der Waals surface area contributed by atoms with Crippen LogP contribution in [0.25, 0.3) is 0 Å². The zero-order valence-corrected chi connectivity index (χ0v) is 8.04. The van der Waals surface area contributed by atoms with E-state index in [4.69, 9.17) is 0 Å². The summed E-state index contributed by atoms with van der Waals surface area (Å²) in [6, 6.07) is 2.85. The van der Waals surface area contributed by atoms with Gasteiger partial charge in [-0.3, -0.25) is 0 Å². The zero-order valence-electron chi connectivity index (χ0n) is 8.04. The lowest BCUT2D eigenvalue weighted by atomic mass is 10.3. The van der Waals surface area contributed by atoms with E-state index in [1.807, 2.05) is 0 Å². The van der Waals surface area contributed by atoms with Gasteiger partial charge in [-0.05, 0) is 12.1 Å². The highest BCUT2D eigenvalue weighted by atomic mass is 19.3. The summed E-state index contributed by atoms with van der Waals surface area (Å²) < 4.78 is 28.2. The van der Waals surface area contributed by atoms with Crippen LogP contribution in [0.15, 0.2) is 18.3 Å². The molecule has 0 bridgehead atoms. The topological polar surface area (TPSA) is 51.2 Å². The van der Waals surface area contributed by atoms with E-state index in [0.29, 0.717) is 5.69 Å². The molecule has 0 amide bonds. The third-order valence-corrected chi connectivity index (χ3v) is 1.61. The Morgan fingerprint density at radius 3 is 3.00 bits per heavy atom. The number of alkyl halides is 2. The molecule has 82 valence electrons. The molecule has 15 heavy (non-hydrogen) atoms. The number of halogens is 2. The highest BCUT2D eigenvalue weighted by molar-refractivity contribution is 5.88. The van der Waals surface area contributed by atoms with Crippen molar-refractivity contribution >= 4 is 11.7 Å². The number of ether oxygens (including phenoxy) is 1. The molecular weight excluding hydrogens is 206 g/mol. The van der Waals surface area contributed by atoms with Gasteiger partial charge in [0.1, 0.15) is 5.69 Å². The van der Waals surface area contributed by atoms with Crippen LogP contribution in [0.5, 0.6) is 0 Å². The fourth-order valence-corrected chi connectivity index (χ4v) is 0.952. The van der Waals surface area contributed by atoms with Gasteiger partial charge >= 0.3 is 5.97 Å². The highest BCUT2D eigenvalue weighted by Crippen LogP contribution is 2.09. The van der Waals surface area contributed by atoms with Crippen molar-refractivity contribution in [1.29, 1.82) is 0 Å². The molecule has 1 aromatic rings. The standard InChI is InChI=1S/C9H10F2N2O2/c1-15-9(14)7-4-6(2-3-12-7)13-5-8(10)11/h2-4,8H,5H2,1H3,(H,12,13). The fraction of sp³-hybridized carbons (Fsp3) is 0.333. The number of anilines is 1. The smallest absolute Gasteiger partial charge is 0.356 e. The molecule has 0 aromatic carbocycles. The Hall–Kier alpha value is -1.72. The average molecular weight is 216 g/mol. The number of methoxy groups -OCH3 is 1. The lowest BCUT2D eigenvalue weighted by Crippen LogP contribution is -2.11. The molecule has 0 fully saturated rings. The number of aromatic nitrogens is 1. The van der Waals surface area contributed by atoms with Crippen LogP contribution in [0.4, 0.5) is 14.5 Å². The van der Waals surface area contributed by atoms with Gasteiger partial charge in [-0.2, -0.15) is 0 Å². The van der Waals surface area contributed by atoms with Gasteiger partial charge in [0.05, 0.1) is 13.7 Å². The van der Waals surface area contributed by atoms with Crippen LogP contribution in [0.1, 0.15) is 10.5 Å². The van der Waals surface area contributed by atoms with Crippen molar-refractivity contribution < 1.29 is 18.3 Å². The molecule has 0 spiro atoms. The van der Waals surface area contributed by atoms with Crippen molar-refractivity contribution in [2.24, 2.45) is 0 Å². The van der Waals surface area contributed by atoms with E-state index in [2.05, 4.69) is 15.0 Å². The zero-order chi connectivity index (χ0) is 11.3. The lowest BCUT2D eigenvalue weighted by Gasteiger charge is -2.06. The van der Waals surface area contributed by atoms with E-state index in [1.54, 1.807) is 0 Å². The Balaban J connectivity index is 2.70. The van der Waals surface area contributed by atoms with Gasteiger partial charge in [-0.25, -0.2) is 18.6 Å². The monoisotopic (exact) mass is 216 g/mol. The van der Waals surface area contributed by atoms with Crippen LogP contribution in [-0.2, 0) is 4.74 Å². The van der Waals surface area contributed by atoms with Crippen LogP contribution in [0, 0.1) is 0 Å². The maximum atomic E-state index is 11.9. The van der Waals surface area contributed by atoms with Crippen LogP contribution >= 0.6 is 0 Å². The number of hydrogen-bond acceptors (Lipinski definition) is 4. The molecule has 1 N–H and O–H groups in total. The second kappa shape index (κ2) is 5.23. The predicted molar refractivity (Wildman–Crippen MR) is 50.1 cm³/mol. The van der Waals surface area contributed by atoms with Crippen LogP contribution in [0.2, 0.25) is 0 Å². The van der Waals surface area contributed by atoms with Crippen molar-refractivity contribution in [3.8, 4) is 0 Å². The third-order valence-electron chi connectivity index (χ3n) is 1.61. The summed E-state index contributed by atoms with van der Waals surface area (Å²) in [6.45, 7) is -0.468. The minimum absolute atomic E-state index is 0.0803. The predicted octanol–water partition coefficient (Wildman–Crippen LogP) is 1.55.